The number of anilines is 1. The number of aliphatic imine (C=N–C) groups is 2. The highest BCUT2D eigenvalue weighted by Crippen LogP contribution is 2.39. The lowest BCUT2D eigenvalue weighted by molar-refractivity contribution is 0.305. The molecular weight excluding hydrogens is 394 g/mol. The van der Waals surface area contributed by atoms with Gasteiger partial charge in [-0.25, -0.2) is 4.99 Å². The fourth-order valence-electron chi connectivity index (χ4n) is 3.90. The van der Waals surface area contributed by atoms with Gasteiger partial charge >= 0.3 is 0 Å². The molecule has 4 N–H and O–H groups in total. The first-order valence-corrected chi connectivity index (χ1v) is 9.62. The molecule has 4 rings (SSSR count). The molecule has 1 aliphatic heterocycles. The molecule has 0 radical (unpaired) electrons. The molecule has 1 saturated carbocycles. The summed E-state index contributed by atoms with van der Waals surface area (Å²) in [6, 6.07) is 8.31. The van der Waals surface area contributed by atoms with Crippen LogP contribution in [0.4, 0.5) is 5.69 Å². The van der Waals surface area contributed by atoms with E-state index in [1.54, 1.807) is 6.20 Å². The molecule has 26 heavy (non-hydrogen) atoms. The van der Waals surface area contributed by atoms with Gasteiger partial charge in [-0.05, 0) is 59.3 Å². The van der Waals surface area contributed by atoms with Crippen molar-refractivity contribution in [3.8, 4) is 0 Å². The summed E-state index contributed by atoms with van der Waals surface area (Å²) >= 11 is 3.43. The van der Waals surface area contributed by atoms with Crippen LogP contribution in [0.15, 0.2) is 51.1 Å². The fourth-order valence-corrected chi connectivity index (χ4v) is 4.23. The van der Waals surface area contributed by atoms with Gasteiger partial charge in [-0.15, -0.1) is 0 Å². The first-order valence-electron chi connectivity index (χ1n) is 8.82. The van der Waals surface area contributed by atoms with Gasteiger partial charge in [0.05, 0.1) is 17.2 Å². The largest absolute Gasteiger partial charge is 0.369 e. The molecule has 0 unspecified atom stereocenters. The summed E-state index contributed by atoms with van der Waals surface area (Å²) in [7, 11) is 0. The molecule has 2 aliphatic rings. The molecule has 1 aromatic heterocycles. The van der Waals surface area contributed by atoms with Gasteiger partial charge in [-0.1, -0.05) is 18.6 Å². The van der Waals surface area contributed by atoms with Crippen LogP contribution in [0.5, 0.6) is 0 Å². The highest BCUT2D eigenvalue weighted by molar-refractivity contribution is 9.10. The van der Waals surface area contributed by atoms with Crippen LogP contribution in [0.2, 0.25) is 0 Å². The van der Waals surface area contributed by atoms with E-state index < -0.39 is 5.66 Å². The minimum Gasteiger partial charge on any atom is -0.369 e. The second kappa shape index (κ2) is 6.75. The number of hydrogen-bond acceptors (Lipinski definition) is 6. The van der Waals surface area contributed by atoms with Crippen LogP contribution in [0, 0.1) is 0 Å². The number of nitrogens with zero attached hydrogens (tertiary/aromatic N) is 5. The maximum Gasteiger partial charge on any atom is 0.220 e. The highest BCUT2D eigenvalue weighted by atomic mass is 79.9. The Balaban J connectivity index is 1.68. The number of hydrogen-bond donors (Lipinski definition) is 2. The van der Waals surface area contributed by atoms with Crippen LogP contribution in [0.25, 0.3) is 0 Å². The molecule has 7 nitrogen and oxygen atoms in total. The van der Waals surface area contributed by atoms with Crippen LogP contribution in [0.3, 0.4) is 0 Å². The predicted molar refractivity (Wildman–Crippen MR) is 107 cm³/mol. The van der Waals surface area contributed by atoms with E-state index in [0.717, 1.165) is 41.4 Å². The van der Waals surface area contributed by atoms with Crippen LogP contribution >= 0.6 is 15.9 Å². The van der Waals surface area contributed by atoms with E-state index in [9.17, 15) is 0 Å². The summed E-state index contributed by atoms with van der Waals surface area (Å²) in [4.78, 5) is 11.0. The zero-order valence-electron chi connectivity index (χ0n) is 14.5. The predicted octanol–water partition coefficient (Wildman–Crippen LogP) is 2.80. The van der Waals surface area contributed by atoms with E-state index >= 15 is 0 Å². The van der Waals surface area contributed by atoms with Crippen molar-refractivity contribution in [2.45, 2.75) is 44.3 Å². The monoisotopic (exact) mass is 415 g/mol. The second-order valence-corrected chi connectivity index (χ2v) is 7.76. The van der Waals surface area contributed by atoms with Crippen LogP contribution < -0.4 is 16.4 Å². The van der Waals surface area contributed by atoms with E-state index in [1.807, 2.05) is 16.9 Å². The van der Waals surface area contributed by atoms with Crippen molar-refractivity contribution in [2.75, 3.05) is 4.90 Å². The van der Waals surface area contributed by atoms with Crippen molar-refractivity contribution in [1.29, 1.82) is 0 Å². The van der Waals surface area contributed by atoms with E-state index in [0.29, 0.717) is 12.5 Å². The van der Waals surface area contributed by atoms with E-state index in [2.05, 4.69) is 49.1 Å². The number of halogens is 1. The smallest absolute Gasteiger partial charge is 0.220 e. The van der Waals surface area contributed by atoms with E-state index in [1.165, 1.54) is 6.42 Å². The van der Waals surface area contributed by atoms with Crippen molar-refractivity contribution < 1.29 is 0 Å². The number of rotatable bonds is 3. The third-order valence-electron chi connectivity index (χ3n) is 4.97. The molecule has 0 amide bonds. The van der Waals surface area contributed by atoms with Crippen molar-refractivity contribution in [3.05, 3.63) is 46.7 Å². The Hall–Kier alpha value is -2.35. The maximum absolute atomic E-state index is 6.30. The number of guanidine groups is 2. The quantitative estimate of drug-likeness (QED) is 0.804. The normalized spacial score (nSPS) is 19.3. The minimum atomic E-state index is -0.415. The zero-order chi connectivity index (χ0) is 18.1. The standard InChI is InChI=1S/C18H22BrN7/c19-14-10-22-25(12-14)11-13-5-4-6-15(9-13)26-17(21)23-16(20)24-18(26)7-2-1-3-8-18/h4-6,9-10,12H,1-3,7-8,11H2,(H4,20,21,23,24). The molecule has 8 heteroatoms. The van der Waals surface area contributed by atoms with Gasteiger partial charge in [-0.3, -0.25) is 9.58 Å². The molecule has 0 saturated heterocycles. The molecule has 0 atom stereocenters. The Morgan fingerprint density at radius 2 is 1.96 bits per heavy atom. The Bertz CT molecular complexity index is 864. The van der Waals surface area contributed by atoms with Crippen molar-refractivity contribution in [3.63, 3.8) is 0 Å². The summed E-state index contributed by atoms with van der Waals surface area (Å²) in [6.45, 7) is 0.683. The van der Waals surface area contributed by atoms with E-state index in [4.69, 9.17) is 16.5 Å². The molecule has 1 spiro atoms. The van der Waals surface area contributed by atoms with E-state index in [-0.39, 0.29) is 5.96 Å². The summed E-state index contributed by atoms with van der Waals surface area (Å²) < 4.78 is 2.86. The SMILES string of the molecule is NC1=NC2(CCCCC2)N(c2cccc(Cn3cc(Br)cn3)c2)C(N)=N1. The Labute approximate surface area is 160 Å². The highest BCUT2D eigenvalue weighted by Gasteiger charge is 2.42. The maximum atomic E-state index is 6.30. The average Bonchev–Trinajstić information content (AvgIpc) is 3.00. The number of aromatic nitrogens is 2. The van der Waals surface area contributed by atoms with Gasteiger partial charge in [0.25, 0.3) is 0 Å². The summed E-state index contributed by atoms with van der Waals surface area (Å²) in [5.74, 6) is 0.691. The molecule has 2 aromatic rings. The molecule has 1 aliphatic carbocycles. The molecule has 1 fully saturated rings. The van der Waals surface area contributed by atoms with Gasteiger partial charge in [0, 0.05) is 11.9 Å². The van der Waals surface area contributed by atoms with Crippen LogP contribution in [0.1, 0.15) is 37.7 Å². The van der Waals surface area contributed by atoms with Gasteiger partial charge in [0.15, 0.2) is 0 Å². The molecule has 1 aromatic carbocycles. The number of benzene rings is 1. The minimum absolute atomic E-state index is 0.276. The van der Waals surface area contributed by atoms with Gasteiger partial charge in [-0.2, -0.15) is 10.1 Å². The zero-order valence-corrected chi connectivity index (χ0v) is 16.1. The first kappa shape index (κ1) is 17.1. The fraction of sp³-hybridized carbons (Fsp3) is 0.389. The lowest BCUT2D eigenvalue weighted by atomic mass is 9.87. The summed E-state index contributed by atoms with van der Waals surface area (Å²) in [5.41, 5.74) is 14.0. The van der Waals surface area contributed by atoms with Crippen molar-refractivity contribution in [2.24, 2.45) is 21.5 Å². The molecule has 0 bridgehead atoms. The third-order valence-corrected chi connectivity index (χ3v) is 5.38. The molecule has 136 valence electrons. The summed E-state index contributed by atoms with van der Waals surface area (Å²) in [5, 5.41) is 4.33. The van der Waals surface area contributed by atoms with Gasteiger partial charge in [0.2, 0.25) is 11.9 Å². The average molecular weight is 416 g/mol. The Morgan fingerprint density at radius 1 is 1.15 bits per heavy atom. The topological polar surface area (TPSA) is 97.8 Å². The molecular formula is C18H22BrN7. The first-order chi connectivity index (χ1) is 12.6. The van der Waals surface area contributed by atoms with Gasteiger partial charge in [0.1, 0.15) is 5.66 Å². The lowest BCUT2D eigenvalue weighted by Gasteiger charge is -2.45. The third kappa shape index (κ3) is 3.21. The Morgan fingerprint density at radius 3 is 2.69 bits per heavy atom. The second-order valence-electron chi connectivity index (χ2n) is 6.84. The lowest BCUT2D eigenvalue weighted by Crippen LogP contribution is -2.58. The van der Waals surface area contributed by atoms with Crippen LogP contribution in [-0.4, -0.2) is 27.4 Å². The summed E-state index contributed by atoms with van der Waals surface area (Å²) in [6.07, 6.45) is 9.05. The Kier molecular flexibility index (Phi) is 4.44. The molecule has 2 heterocycles. The van der Waals surface area contributed by atoms with Crippen LogP contribution in [-0.2, 0) is 6.54 Å². The van der Waals surface area contributed by atoms with Gasteiger partial charge < -0.3 is 11.5 Å². The van der Waals surface area contributed by atoms with Crippen molar-refractivity contribution >= 4 is 33.5 Å². The van der Waals surface area contributed by atoms with Crippen molar-refractivity contribution in [1.82, 2.24) is 9.78 Å². The number of nitrogens with two attached hydrogens (primary N) is 2.